The number of alkyl halides is 2. The monoisotopic (exact) mass is 437 g/mol. The predicted octanol–water partition coefficient (Wildman–Crippen LogP) is 5.10. The molecule has 0 atom stereocenters. The normalized spacial score (nSPS) is 15.3. The molecule has 0 saturated carbocycles. The fourth-order valence-electron chi connectivity index (χ4n) is 2.76. The van der Waals surface area contributed by atoms with Crippen LogP contribution in [0.5, 0.6) is 17.2 Å². The van der Waals surface area contributed by atoms with Gasteiger partial charge in [0.1, 0.15) is 5.75 Å². The summed E-state index contributed by atoms with van der Waals surface area (Å²) in [5.41, 5.74) is 0.804. The molecule has 152 valence electrons. The van der Waals surface area contributed by atoms with Crippen molar-refractivity contribution in [2.45, 2.75) is 13.5 Å². The van der Waals surface area contributed by atoms with Crippen LogP contribution < -0.4 is 19.1 Å². The lowest BCUT2D eigenvalue weighted by Gasteiger charge is -2.18. The molecule has 5 nitrogen and oxygen atoms in total. The molecule has 0 radical (unpaired) electrons. The molecule has 0 N–H and O–H groups in total. The number of nitrogens with zero attached hydrogens (tertiary/aromatic N) is 1. The molecule has 0 bridgehead atoms. The van der Waals surface area contributed by atoms with E-state index in [1.165, 1.54) is 24.2 Å². The number of carbonyl (C=O) groups excluding carboxylic acids is 1. The van der Waals surface area contributed by atoms with Crippen molar-refractivity contribution >= 4 is 46.0 Å². The number of amides is 1. The molecule has 2 aromatic carbocycles. The fourth-order valence-corrected chi connectivity index (χ4v) is 4.03. The minimum atomic E-state index is -3.04. The summed E-state index contributed by atoms with van der Waals surface area (Å²) in [4.78, 5) is 14.7. The van der Waals surface area contributed by atoms with Crippen LogP contribution in [0.3, 0.4) is 0 Å². The summed E-state index contributed by atoms with van der Waals surface area (Å²) < 4.78 is 41.3. The first-order chi connectivity index (χ1) is 14.0. The molecule has 1 aliphatic heterocycles. The van der Waals surface area contributed by atoms with E-state index in [0.717, 1.165) is 11.8 Å². The minimum Gasteiger partial charge on any atom is -0.493 e. The summed E-state index contributed by atoms with van der Waals surface area (Å²) >= 11 is 6.45. The summed E-state index contributed by atoms with van der Waals surface area (Å²) in [6, 6.07) is 11.7. The van der Waals surface area contributed by atoms with Crippen LogP contribution in [0.15, 0.2) is 47.4 Å². The van der Waals surface area contributed by atoms with E-state index in [9.17, 15) is 13.6 Å². The first-order valence-corrected chi connectivity index (χ1v) is 9.80. The van der Waals surface area contributed by atoms with Gasteiger partial charge in [-0.25, -0.2) is 0 Å². The zero-order valence-electron chi connectivity index (χ0n) is 15.6. The van der Waals surface area contributed by atoms with Crippen LogP contribution in [0.2, 0.25) is 0 Å². The zero-order chi connectivity index (χ0) is 21.0. The van der Waals surface area contributed by atoms with Crippen LogP contribution in [0.1, 0.15) is 12.5 Å². The van der Waals surface area contributed by atoms with Gasteiger partial charge in [-0.05, 0) is 31.2 Å². The molecule has 1 heterocycles. The van der Waals surface area contributed by atoms with Crippen molar-refractivity contribution in [1.82, 2.24) is 0 Å². The van der Waals surface area contributed by atoms with Gasteiger partial charge in [-0.15, -0.1) is 0 Å². The molecule has 29 heavy (non-hydrogen) atoms. The van der Waals surface area contributed by atoms with Crippen molar-refractivity contribution in [3.05, 3.63) is 52.9 Å². The summed E-state index contributed by atoms with van der Waals surface area (Å²) in [7, 11) is 1.35. The number of hydrogen-bond donors (Lipinski definition) is 0. The summed E-state index contributed by atoms with van der Waals surface area (Å²) in [6.07, 6.45) is 1.46. The highest BCUT2D eigenvalue weighted by molar-refractivity contribution is 8.27. The number of benzene rings is 2. The number of methoxy groups -OCH3 is 1. The third-order valence-corrected chi connectivity index (χ3v) is 5.22. The Balaban J connectivity index is 2.00. The number of hydrogen-bond acceptors (Lipinski definition) is 6. The average molecular weight is 437 g/mol. The van der Waals surface area contributed by atoms with E-state index in [4.69, 9.17) is 21.7 Å². The van der Waals surface area contributed by atoms with Crippen molar-refractivity contribution < 1.29 is 27.8 Å². The maximum atomic E-state index is 13.0. The van der Waals surface area contributed by atoms with E-state index in [1.807, 2.05) is 6.92 Å². The Morgan fingerprint density at radius 1 is 1.17 bits per heavy atom. The molecular weight excluding hydrogens is 420 g/mol. The zero-order valence-corrected chi connectivity index (χ0v) is 17.2. The Hall–Kier alpha value is -2.65. The Kier molecular flexibility index (Phi) is 6.71. The first-order valence-electron chi connectivity index (χ1n) is 8.57. The second-order valence-corrected chi connectivity index (χ2v) is 7.35. The molecule has 9 heteroatoms. The molecule has 0 aromatic heterocycles. The molecule has 2 aromatic rings. The molecular formula is C20H17F2NO4S2. The lowest BCUT2D eigenvalue weighted by Crippen LogP contribution is -2.28. The van der Waals surface area contributed by atoms with Gasteiger partial charge in [0.2, 0.25) is 0 Å². The van der Waals surface area contributed by atoms with Crippen LogP contribution in [0.25, 0.3) is 6.08 Å². The number of thioether (sulfide) groups is 1. The Morgan fingerprint density at radius 2 is 1.90 bits per heavy atom. The maximum absolute atomic E-state index is 13.0. The average Bonchev–Trinajstić information content (AvgIpc) is 2.97. The van der Waals surface area contributed by atoms with E-state index in [1.54, 1.807) is 36.4 Å². The van der Waals surface area contributed by atoms with Crippen LogP contribution in [-0.2, 0) is 4.79 Å². The highest BCUT2D eigenvalue weighted by atomic mass is 32.2. The van der Waals surface area contributed by atoms with Crippen LogP contribution in [0, 0.1) is 0 Å². The van der Waals surface area contributed by atoms with Gasteiger partial charge in [-0.2, -0.15) is 8.78 Å². The molecule has 3 rings (SSSR count). The lowest BCUT2D eigenvalue weighted by molar-refractivity contribution is -0.113. The third-order valence-electron chi connectivity index (χ3n) is 3.92. The topological polar surface area (TPSA) is 48.0 Å². The van der Waals surface area contributed by atoms with Crippen molar-refractivity contribution in [3.8, 4) is 17.2 Å². The number of ether oxygens (including phenoxy) is 3. The van der Waals surface area contributed by atoms with Gasteiger partial charge in [-0.3, -0.25) is 9.69 Å². The van der Waals surface area contributed by atoms with Gasteiger partial charge in [0.05, 0.1) is 24.3 Å². The molecule has 1 aliphatic rings. The third kappa shape index (κ3) is 4.51. The molecule has 0 spiro atoms. The Labute approximate surface area is 176 Å². The number of thiocarbonyl (C=S) groups is 1. The minimum absolute atomic E-state index is 0.135. The van der Waals surface area contributed by atoms with Gasteiger partial charge < -0.3 is 14.2 Å². The van der Waals surface area contributed by atoms with Gasteiger partial charge in [-0.1, -0.05) is 48.2 Å². The standard InChI is InChI=1S/C20H17F2NO4S2/c1-3-26-14-9-5-4-8-13(14)23-18(24)16(29-20(23)28)11-12-7-6-10-15(25-2)17(12)27-19(21)22/h4-11,19H,3H2,1-2H3/b16-11+. The second-order valence-electron chi connectivity index (χ2n) is 5.67. The highest BCUT2D eigenvalue weighted by Crippen LogP contribution is 2.41. The summed E-state index contributed by atoms with van der Waals surface area (Å²) in [6.45, 7) is -0.764. The van der Waals surface area contributed by atoms with E-state index in [-0.39, 0.29) is 27.9 Å². The number of halogens is 2. The number of rotatable bonds is 7. The Bertz CT molecular complexity index is 965. The van der Waals surface area contributed by atoms with Crippen molar-refractivity contribution in [1.29, 1.82) is 0 Å². The van der Waals surface area contributed by atoms with Gasteiger partial charge >= 0.3 is 6.61 Å². The van der Waals surface area contributed by atoms with Crippen molar-refractivity contribution in [2.24, 2.45) is 0 Å². The fraction of sp³-hybridized carbons (Fsp3) is 0.200. The van der Waals surface area contributed by atoms with E-state index in [2.05, 4.69) is 4.74 Å². The predicted molar refractivity (Wildman–Crippen MR) is 113 cm³/mol. The van der Waals surface area contributed by atoms with E-state index in [0.29, 0.717) is 22.4 Å². The largest absolute Gasteiger partial charge is 0.493 e. The maximum Gasteiger partial charge on any atom is 0.387 e. The summed E-state index contributed by atoms with van der Waals surface area (Å²) in [5.74, 6) is 0.134. The second kappa shape index (κ2) is 9.23. The van der Waals surface area contributed by atoms with Crippen LogP contribution in [0.4, 0.5) is 14.5 Å². The molecule has 0 aliphatic carbocycles. The van der Waals surface area contributed by atoms with Gasteiger partial charge in [0.15, 0.2) is 15.8 Å². The molecule has 0 unspecified atom stereocenters. The summed E-state index contributed by atoms with van der Waals surface area (Å²) in [5, 5.41) is 0. The quantitative estimate of drug-likeness (QED) is 0.444. The van der Waals surface area contributed by atoms with Gasteiger partial charge in [0, 0.05) is 5.56 Å². The molecule has 1 saturated heterocycles. The van der Waals surface area contributed by atoms with Crippen LogP contribution in [-0.4, -0.2) is 30.6 Å². The highest BCUT2D eigenvalue weighted by Gasteiger charge is 2.35. The number of anilines is 1. The van der Waals surface area contributed by atoms with Gasteiger partial charge in [0.25, 0.3) is 5.91 Å². The first kappa shape index (κ1) is 21.1. The molecule has 1 amide bonds. The van der Waals surface area contributed by atoms with Crippen molar-refractivity contribution in [2.75, 3.05) is 18.6 Å². The Morgan fingerprint density at radius 3 is 2.59 bits per heavy atom. The van der Waals surface area contributed by atoms with Crippen LogP contribution >= 0.6 is 24.0 Å². The molecule has 1 fully saturated rings. The lowest BCUT2D eigenvalue weighted by atomic mass is 10.1. The van der Waals surface area contributed by atoms with Crippen molar-refractivity contribution in [3.63, 3.8) is 0 Å². The van der Waals surface area contributed by atoms with E-state index >= 15 is 0 Å². The van der Waals surface area contributed by atoms with E-state index < -0.39 is 6.61 Å². The SMILES string of the molecule is CCOc1ccccc1N1C(=O)/C(=C\c2cccc(OC)c2OC(F)F)SC1=S. The smallest absolute Gasteiger partial charge is 0.387 e. The number of para-hydroxylation sites is 3. The number of carbonyl (C=O) groups is 1.